The summed E-state index contributed by atoms with van der Waals surface area (Å²) in [5.74, 6) is 0. The van der Waals surface area contributed by atoms with Crippen LogP contribution in [0.3, 0.4) is 0 Å². The van der Waals surface area contributed by atoms with Gasteiger partial charge in [-0.3, -0.25) is 0 Å². The average Bonchev–Trinajstić information content (AvgIpc) is 3.76. The Kier molecular flexibility index (Phi) is 5.84. The molecule has 0 unspecified atom stereocenters. The maximum atomic E-state index is 6.64. The van der Waals surface area contributed by atoms with E-state index in [1.165, 1.54) is 5.39 Å². The number of rotatable bonds is 3. The summed E-state index contributed by atoms with van der Waals surface area (Å²) in [6.45, 7) is 2.08. The molecule has 0 saturated heterocycles. The van der Waals surface area contributed by atoms with Gasteiger partial charge in [-0.25, -0.2) is 9.97 Å². The summed E-state index contributed by atoms with van der Waals surface area (Å²) < 4.78 is 13.3. The molecule has 0 spiro atoms. The minimum absolute atomic E-state index is 0.828. The first-order chi connectivity index (χ1) is 25.2. The van der Waals surface area contributed by atoms with Crippen molar-refractivity contribution in [1.29, 1.82) is 0 Å². The molecule has 3 aromatic heterocycles. The van der Waals surface area contributed by atoms with Crippen molar-refractivity contribution in [3.8, 4) is 33.5 Å². The SMILES string of the molecule is Cc1nc2c3ccccc3c3ccccc3c2nc1-c1c(-c2cccc3c2oc2ccccc23)cccc1-c1cccc2c1oc1ccccc12. The number of nitrogens with zero attached hydrogens (tertiary/aromatic N) is 2. The Labute approximate surface area is 292 Å². The second-order valence-corrected chi connectivity index (χ2v) is 13.2. The van der Waals surface area contributed by atoms with Crippen LogP contribution in [0.4, 0.5) is 0 Å². The Morgan fingerprint density at radius 3 is 1.27 bits per heavy atom. The summed E-state index contributed by atoms with van der Waals surface area (Å²) in [5.41, 5.74) is 11.9. The average molecular weight is 653 g/mol. The van der Waals surface area contributed by atoms with Gasteiger partial charge in [0.05, 0.1) is 22.4 Å². The van der Waals surface area contributed by atoms with Crippen molar-refractivity contribution in [2.45, 2.75) is 6.92 Å². The maximum absolute atomic E-state index is 6.64. The van der Waals surface area contributed by atoms with Crippen molar-refractivity contribution in [3.63, 3.8) is 0 Å². The summed E-state index contributed by atoms with van der Waals surface area (Å²) >= 11 is 0. The van der Waals surface area contributed by atoms with Crippen LogP contribution in [0.5, 0.6) is 0 Å². The Morgan fingerprint density at radius 2 is 0.745 bits per heavy atom. The summed E-state index contributed by atoms with van der Waals surface area (Å²) in [5, 5.41) is 8.88. The zero-order valence-electron chi connectivity index (χ0n) is 27.6. The normalized spacial score (nSPS) is 12.0. The van der Waals surface area contributed by atoms with Crippen molar-refractivity contribution < 1.29 is 8.83 Å². The minimum Gasteiger partial charge on any atom is -0.455 e. The van der Waals surface area contributed by atoms with Crippen LogP contribution in [0.2, 0.25) is 0 Å². The maximum Gasteiger partial charge on any atom is 0.143 e. The second kappa shape index (κ2) is 10.6. The fourth-order valence-electron chi connectivity index (χ4n) is 8.16. The molecule has 4 nitrogen and oxygen atoms in total. The molecule has 8 aromatic carbocycles. The van der Waals surface area contributed by atoms with Crippen LogP contribution >= 0.6 is 0 Å². The Bertz CT molecular complexity index is 3090. The molecular weight excluding hydrogens is 625 g/mol. The molecule has 0 aliphatic rings. The first-order valence-electron chi connectivity index (χ1n) is 17.3. The number of fused-ring (bicyclic) bond motifs is 12. The van der Waals surface area contributed by atoms with Gasteiger partial charge in [0.15, 0.2) is 0 Å². The smallest absolute Gasteiger partial charge is 0.143 e. The lowest BCUT2D eigenvalue weighted by Crippen LogP contribution is -2.00. The van der Waals surface area contributed by atoms with Crippen molar-refractivity contribution in [2.75, 3.05) is 0 Å². The Hall–Kier alpha value is -6.78. The highest BCUT2D eigenvalue weighted by Gasteiger charge is 2.24. The number of para-hydroxylation sites is 4. The van der Waals surface area contributed by atoms with Gasteiger partial charge >= 0.3 is 0 Å². The fraction of sp³-hybridized carbons (Fsp3) is 0.0213. The van der Waals surface area contributed by atoms with E-state index in [1.807, 2.05) is 24.3 Å². The molecule has 3 heterocycles. The topological polar surface area (TPSA) is 52.1 Å². The van der Waals surface area contributed by atoms with E-state index < -0.39 is 0 Å². The lowest BCUT2D eigenvalue weighted by Gasteiger charge is -2.18. The van der Waals surface area contributed by atoms with E-state index >= 15 is 0 Å². The first-order valence-corrected chi connectivity index (χ1v) is 17.3. The molecule has 0 fully saturated rings. The summed E-state index contributed by atoms with van der Waals surface area (Å²) in [6.07, 6.45) is 0. The van der Waals surface area contributed by atoms with Crippen molar-refractivity contribution in [1.82, 2.24) is 9.97 Å². The predicted octanol–water partition coefficient (Wildman–Crippen LogP) is 13.0. The largest absolute Gasteiger partial charge is 0.455 e. The third kappa shape index (κ3) is 4.02. The molecule has 11 rings (SSSR count). The lowest BCUT2D eigenvalue weighted by molar-refractivity contribution is 0.670. The van der Waals surface area contributed by atoms with E-state index in [0.29, 0.717) is 0 Å². The molecule has 0 saturated carbocycles. The molecule has 0 atom stereocenters. The number of aromatic nitrogens is 2. The molecule has 4 heteroatoms. The molecule has 0 N–H and O–H groups in total. The zero-order valence-corrected chi connectivity index (χ0v) is 27.6. The number of aryl methyl sites for hydroxylation is 1. The Morgan fingerprint density at radius 1 is 0.353 bits per heavy atom. The van der Waals surface area contributed by atoms with Gasteiger partial charge in [0, 0.05) is 49.0 Å². The van der Waals surface area contributed by atoms with E-state index in [0.717, 1.165) is 110 Å². The number of hydrogen-bond acceptors (Lipinski definition) is 4. The van der Waals surface area contributed by atoms with Crippen molar-refractivity contribution >= 4 is 76.5 Å². The molecule has 11 aromatic rings. The van der Waals surface area contributed by atoms with Crippen LogP contribution in [0.1, 0.15) is 5.69 Å². The number of furan rings is 2. The highest BCUT2D eigenvalue weighted by atomic mass is 16.3. The zero-order chi connectivity index (χ0) is 33.6. The molecule has 0 aliphatic heterocycles. The van der Waals surface area contributed by atoms with Gasteiger partial charge < -0.3 is 8.83 Å². The van der Waals surface area contributed by atoms with E-state index in [2.05, 4.69) is 134 Å². The Balaban J connectivity index is 1.29. The highest BCUT2D eigenvalue weighted by molar-refractivity contribution is 6.23. The van der Waals surface area contributed by atoms with Gasteiger partial charge in [-0.05, 0) is 41.0 Å². The van der Waals surface area contributed by atoms with Crippen LogP contribution < -0.4 is 0 Å². The third-order valence-electron chi connectivity index (χ3n) is 10.4. The molecule has 0 amide bonds. The van der Waals surface area contributed by atoms with E-state index in [9.17, 15) is 0 Å². The number of hydrogen-bond donors (Lipinski definition) is 0. The minimum atomic E-state index is 0.828. The summed E-state index contributed by atoms with van der Waals surface area (Å²) in [6, 6.07) is 52.8. The van der Waals surface area contributed by atoms with Gasteiger partial charge in [0.1, 0.15) is 22.3 Å². The summed E-state index contributed by atoms with van der Waals surface area (Å²) in [4.78, 5) is 11.0. The monoisotopic (exact) mass is 652 g/mol. The van der Waals surface area contributed by atoms with Gasteiger partial charge in [0.2, 0.25) is 0 Å². The molecule has 51 heavy (non-hydrogen) atoms. The molecule has 0 bridgehead atoms. The van der Waals surface area contributed by atoms with Crippen LogP contribution in [0.25, 0.3) is 110 Å². The van der Waals surface area contributed by atoms with E-state index in [1.54, 1.807) is 0 Å². The van der Waals surface area contributed by atoms with Gasteiger partial charge in [-0.1, -0.05) is 140 Å². The number of benzene rings is 8. The molecule has 238 valence electrons. The van der Waals surface area contributed by atoms with Gasteiger partial charge in [-0.2, -0.15) is 0 Å². The second-order valence-electron chi connectivity index (χ2n) is 13.2. The van der Waals surface area contributed by atoms with Crippen LogP contribution in [0, 0.1) is 6.92 Å². The van der Waals surface area contributed by atoms with Crippen LogP contribution in [-0.4, -0.2) is 9.97 Å². The lowest BCUT2D eigenvalue weighted by atomic mass is 9.88. The van der Waals surface area contributed by atoms with Crippen molar-refractivity contribution in [3.05, 3.63) is 157 Å². The molecule has 0 aliphatic carbocycles. The fourth-order valence-corrected chi connectivity index (χ4v) is 8.16. The van der Waals surface area contributed by atoms with Gasteiger partial charge in [0.25, 0.3) is 0 Å². The van der Waals surface area contributed by atoms with E-state index in [-0.39, 0.29) is 0 Å². The molecule has 0 radical (unpaired) electrons. The van der Waals surface area contributed by atoms with Crippen LogP contribution in [0.15, 0.2) is 160 Å². The predicted molar refractivity (Wildman–Crippen MR) is 210 cm³/mol. The van der Waals surface area contributed by atoms with Gasteiger partial charge in [-0.15, -0.1) is 0 Å². The van der Waals surface area contributed by atoms with Crippen molar-refractivity contribution in [2.24, 2.45) is 0 Å². The summed E-state index contributed by atoms with van der Waals surface area (Å²) in [7, 11) is 0. The van der Waals surface area contributed by atoms with Crippen LogP contribution in [-0.2, 0) is 0 Å². The third-order valence-corrected chi connectivity index (χ3v) is 10.4. The highest BCUT2D eigenvalue weighted by Crippen LogP contribution is 2.47. The molecular formula is C47H28N2O2. The first kappa shape index (κ1) is 28.1. The quantitative estimate of drug-likeness (QED) is 0.178. The van der Waals surface area contributed by atoms with E-state index in [4.69, 9.17) is 18.8 Å². The standard InChI is InChI=1S/C47H28N2O2/c1-27-43(49-45-35-18-5-3-14-29(35)28-13-2-4-17-34(28)44(45)48-27)42-32(38-23-11-21-36-30-15-6-8-25-40(30)50-46(36)38)19-10-20-33(42)39-24-12-22-37-31-16-7-9-26-41(31)51-47(37)39/h2-26H,1H3.